The van der Waals surface area contributed by atoms with Crippen LogP contribution in [0, 0.1) is 0 Å². The van der Waals surface area contributed by atoms with Crippen LogP contribution in [-0.4, -0.2) is 18.6 Å². The van der Waals surface area contributed by atoms with Gasteiger partial charge in [-0.2, -0.15) is 0 Å². The van der Waals surface area contributed by atoms with Gasteiger partial charge >= 0.3 is 5.97 Å². The minimum atomic E-state index is -0.620. The SMILES string of the molecule is CCOC(=O)C(N)Cc1cc(Br)ccc1Br. The van der Waals surface area contributed by atoms with Crippen molar-refractivity contribution in [3.8, 4) is 0 Å². The molecule has 88 valence electrons. The Hall–Kier alpha value is -0.390. The predicted octanol–water partition coefficient (Wildman–Crippen LogP) is 2.64. The Balaban J connectivity index is 2.72. The van der Waals surface area contributed by atoms with Crippen LogP contribution in [0.25, 0.3) is 0 Å². The van der Waals surface area contributed by atoms with Crippen LogP contribution in [0.1, 0.15) is 12.5 Å². The number of rotatable bonds is 4. The van der Waals surface area contributed by atoms with Crippen LogP contribution in [0.3, 0.4) is 0 Å². The van der Waals surface area contributed by atoms with E-state index in [0.29, 0.717) is 13.0 Å². The van der Waals surface area contributed by atoms with Gasteiger partial charge in [-0.3, -0.25) is 4.79 Å². The van der Waals surface area contributed by atoms with Gasteiger partial charge in [0.1, 0.15) is 6.04 Å². The van der Waals surface area contributed by atoms with E-state index in [4.69, 9.17) is 10.5 Å². The molecule has 0 aliphatic rings. The van der Waals surface area contributed by atoms with Crippen molar-refractivity contribution < 1.29 is 9.53 Å². The molecule has 5 heteroatoms. The number of hydrogen-bond donors (Lipinski definition) is 1. The fourth-order valence-corrected chi connectivity index (χ4v) is 2.09. The lowest BCUT2D eigenvalue weighted by atomic mass is 10.1. The Morgan fingerprint density at radius 2 is 2.19 bits per heavy atom. The summed E-state index contributed by atoms with van der Waals surface area (Å²) in [5.41, 5.74) is 6.73. The van der Waals surface area contributed by atoms with Crippen LogP contribution < -0.4 is 5.73 Å². The van der Waals surface area contributed by atoms with Gasteiger partial charge in [0, 0.05) is 8.95 Å². The Morgan fingerprint density at radius 3 is 2.81 bits per heavy atom. The largest absolute Gasteiger partial charge is 0.465 e. The molecule has 0 saturated heterocycles. The molecule has 1 aromatic rings. The first kappa shape index (κ1) is 13.7. The average molecular weight is 351 g/mol. The fraction of sp³-hybridized carbons (Fsp3) is 0.364. The van der Waals surface area contributed by atoms with E-state index in [1.54, 1.807) is 6.92 Å². The third-order valence-corrected chi connectivity index (χ3v) is 3.30. The molecule has 1 unspecified atom stereocenters. The second-order valence-corrected chi connectivity index (χ2v) is 5.07. The van der Waals surface area contributed by atoms with E-state index in [1.165, 1.54) is 0 Å². The molecule has 0 saturated carbocycles. The van der Waals surface area contributed by atoms with E-state index in [9.17, 15) is 4.79 Å². The standard InChI is InChI=1S/C11H13Br2NO2/c1-2-16-11(15)10(14)6-7-5-8(12)3-4-9(7)13/h3-5,10H,2,6,14H2,1H3. The summed E-state index contributed by atoms with van der Waals surface area (Å²) in [5.74, 6) is -0.366. The first-order valence-electron chi connectivity index (χ1n) is 4.90. The Morgan fingerprint density at radius 1 is 1.50 bits per heavy atom. The van der Waals surface area contributed by atoms with Gasteiger partial charge in [-0.15, -0.1) is 0 Å². The second kappa shape index (κ2) is 6.37. The molecule has 1 aromatic carbocycles. The molecule has 0 aromatic heterocycles. The van der Waals surface area contributed by atoms with E-state index < -0.39 is 6.04 Å². The van der Waals surface area contributed by atoms with Crippen molar-refractivity contribution in [3.05, 3.63) is 32.7 Å². The molecular weight excluding hydrogens is 338 g/mol. The highest BCUT2D eigenvalue weighted by atomic mass is 79.9. The average Bonchev–Trinajstić information content (AvgIpc) is 2.23. The maximum Gasteiger partial charge on any atom is 0.323 e. The lowest BCUT2D eigenvalue weighted by molar-refractivity contribution is -0.144. The zero-order valence-corrected chi connectivity index (χ0v) is 12.0. The number of ether oxygens (including phenoxy) is 1. The molecular formula is C11H13Br2NO2. The van der Waals surface area contributed by atoms with Crippen LogP contribution in [0.4, 0.5) is 0 Å². The number of nitrogens with two attached hydrogens (primary N) is 1. The van der Waals surface area contributed by atoms with Crippen molar-refractivity contribution in [2.24, 2.45) is 5.73 Å². The normalized spacial score (nSPS) is 12.2. The molecule has 1 atom stereocenters. The quantitative estimate of drug-likeness (QED) is 0.849. The Bertz CT molecular complexity index is 382. The van der Waals surface area contributed by atoms with Gasteiger partial charge < -0.3 is 10.5 Å². The van der Waals surface area contributed by atoms with Crippen molar-refractivity contribution in [2.45, 2.75) is 19.4 Å². The molecule has 1 rings (SSSR count). The van der Waals surface area contributed by atoms with Gasteiger partial charge in [-0.1, -0.05) is 31.9 Å². The van der Waals surface area contributed by atoms with Gasteiger partial charge in [-0.25, -0.2) is 0 Å². The molecule has 0 radical (unpaired) electrons. The predicted molar refractivity (Wildman–Crippen MR) is 70.2 cm³/mol. The van der Waals surface area contributed by atoms with E-state index in [-0.39, 0.29) is 5.97 Å². The summed E-state index contributed by atoms with van der Waals surface area (Å²) in [5, 5.41) is 0. The number of benzene rings is 1. The minimum Gasteiger partial charge on any atom is -0.465 e. The van der Waals surface area contributed by atoms with Crippen molar-refractivity contribution >= 4 is 37.8 Å². The maximum atomic E-state index is 11.4. The minimum absolute atomic E-state index is 0.353. The zero-order chi connectivity index (χ0) is 12.1. The maximum absolute atomic E-state index is 11.4. The number of carbonyl (C=O) groups is 1. The first-order valence-corrected chi connectivity index (χ1v) is 6.49. The van der Waals surface area contributed by atoms with E-state index in [2.05, 4.69) is 31.9 Å². The van der Waals surface area contributed by atoms with Gasteiger partial charge in [-0.05, 0) is 37.1 Å². The van der Waals surface area contributed by atoms with Crippen LogP contribution in [-0.2, 0) is 16.0 Å². The molecule has 0 aliphatic heterocycles. The van der Waals surface area contributed by atoms with Crippen molar-refractivity contribution in [1.29, 1.82) is 0 Å². The molecule has 0 amide bonds. The topological polar surface area (TPSA) is 52.3 Å². The molecule has 0 spiro atoms. The van der Waals surface area contributed by atoms with Gasteiger partial charge in [0.25, 0.3) is 0 Å². The summed E-state index contributed by atoms with van der Waals surface area (Å²) in [6, 6.07) is 5.15. The van der Waals surface area contributed by atoms with E-state index in [1.807, 2.05) is 18.2 Å². The Labute approximate surface area is 112 Å². The summed E-state index contributed by atoms with van der Waals surface area (Å²) in [4.78, 5) is 11.4. The number of esters is 1. The molecule has 16 heavy (non-hydrogen) atoms. The number of carbonyl (C=O) groups excluding carboxylic acids is 1. The summed E-state index contributed by atoms with van der Waals surface area (Å²) in [7, 11) is 0. The molecule has 0 heterocycles. The second-order valence-electron chi connectivity index (χ2n) is 3.30. The molecule has 0 bridgehead atoms. The van der Waals surface area contributed by atoms with Crippen LogP contribution in [0.15, 0.2) is 27.1 Å². The summed E-state index contributed by atoms with van der Waals surface area (Å²) >= 11 is 6.79. The zero-order valence-electron chi connectivity index (χ0n) is 8.87. The van der Waals surface area contributed by atoms with Gasteiger partial charge in [0.2, 0.25) is 0 Å². The third-order valence-electron chi connectivity index (χ3n) is 2.04. The van der Waals surface area contributed by atoms with Crippen molar-refractivity contribution in [1.82, 2.24) is 0 Å². The first-order chi connectivity index (χ1) is 7.54. The molecule has 3 nitrogen and oxygen atoms in total. The highest BCUT2D eigenvalue weighted by molar-refractivity contribution is 9.11. The molecule has 0 aliphatic carbocycles. The van der Waals surface area contributed by atoms with Gasteiger partial charge in [0.05, 0.1) is 6.61 Å². The van der Waals surface area contributed by atoms with Crippen molar-refractivity contribution in [2.75, 3.05) is 6.61 Å². The Kier molecular flexibility index (Phi) is 5.44. The molecule has 2 N–H and O–H groups in total. The number of halogens is 2. The summed E-state index contributed by atoms with van der Waals surface area (Å²) in [6.07, 6.45) is 0.457. The van der Waals surface area contributed by atoms with Crippen LogP contribution >= 0.6 is 31.9 Å². The monoisotopic (exact) mass is 349 g/mol. The highest BCUT2D eigenvalue weighted by Gasteiger charge is 2.16. The smallest absolute Gasteiger partial charge is 0.323 e. The lowest BCUT2D eigenvalue weighted by Crippen LogP contribution is -2.34. The van der Waals surface area contributed by atoms with Crippen LogP contribution in [0.2, 0.25) is 0 Å². The summed E-state index contributed by atoms with van der Waals surface area (Å²) < 4.78 is 6.76. The lowest BCUT2D eigenvalue weighted by Gasteiger charge is -2.11. The fourth-order valence-electron chi connectivity index (χ4n) is 1.27. The summed E-state index contributed by atoms with van der Waals surface area (Å²) in [6.45, 7) is 2.12. The van der Waals surface area contributed by atoms with Crippen LogP contribution in [0.5, 0.6) is 0 Å². The molecule has 0 fully saturated rings. The third kappa shape index (κ3) is 3.88. The highest BCUT2D eigenvalue weighted by Crippen LogP contribution is 2.22. The van der Waals surface area contributed by atoms with Crippen molar-refractivity contribution in [3.63, 3.8) is 0 Å². The van der Waals surface area contributed by atoms with E-state index >= 15 is 0 Å². The number of hydrogen-bond acceptors (Lipinski definition) is 3. The van der Waals surface area contributed by atoms with Gasteiger partial charge in [0.15, 0.2) is 0 Å². The van der Waals surface area contributed by atoms with E-state index in [0.717, 1.165) is 14.5 Å².